The van der Waals surface area contributed by atoms with Crippen molar-refractivity contribution >= 4 is 23.5 Å². The largest absolute Gasteiger partial charge is 0.481 e. The molecule has 0 unspecified atom stereocenters. The summed E-state index contributed by atoms with van der Waals surface area (Å²) >= 11 is 0. The predicted octanol–water partition coefficient (Wildman–Crippen LogP) is 0.844. The maximum Gasteiger partial charge on any atom is 0.306 e. The summed E-state index contributed by atoms with van der Waals surface area (Å²) in [5.74, 6) is -0.574. The summed E-state index contributed by atoms with van der Waals surface area (Å²) in [4.78, 5) is 39.4. The van der Waals surface area contributed by atoms with E-state index in [9.17, 15) is 14.4 Å². The molecular weight excluding hydrogens is 328 g/mol. The molecule has 0 aromatic heterocycles. The monoisotopic (exact) mass is 346 g/mol. The molecule has 8 heteroatoms. The zero-order valence-corrected chi connectivity index (χ0v) is 13.5. The number of hydrogen-bond acceptors (Lipinski definition) is 6. The lowest BCUT2D eigenvalue weighted by Crippen LogP contribution is -2.46. The van der Waals surface area contributed by atoms with Crippen LogP contribution in [0.15, 0.2) is 18.2 Å². The topological polar surface area (TPSA) is 96.4 Å². The summed E-state index contributed by atoms with van der Waals surface area (Å²) in [5.41, 5.74) is 0.474. The first-order valence-electron chi connectivity index (χ1n) is 8.28. The number of anilines is 1. The van der Waals surface area contributed by atoms with Gasteiger partial charge in [-0.2, -0.15) is 0 Å². The van der Waals surface area contributed by atoms with Crippen LogP contribution < -0.4 is 14.4 Å². The van der Waals surface area contributed by atoms with Crippen LogP contribution in [0.3, 0.4) is 0 Å². The number of nitrogens with zero attached hydrogens (tertiary/aromatic N) is 2. The fourth-order valence-electron chi connectivity index (χ4n) is 3.65. The Bertz CT molecular complexity index is 741. The molecule has 0 radical (unpaired) electrons. The Balaban J connectivity index is 1.50. The summed E-state index contributed by atoms with van der Waals surface area (Å²) in [7, 11) is 0. The smallest absolute Gasteiger partial charge is 0.306 e. The number of benzene rings is 1. The Morgan fingerprint density at radius 2 is 1.84 bits per heavy atom. The lowest BCUT2D eigenvalue weighted by Gasteiger charge is -2.33. The third kappa shape index (κ3) is 2.72. The van der Waals surface area contributed by atoms with Crippen molar-refractivity contribution in [1.29, 1.82) is 0 Å². The molecule has 3 aliphatic heterocycles. The maximum absolute atomic E-state index is 12.8. The van der Waals surface area contributed by atoms with E-state index in [-0.39, 0.29) is 30.9 Å². The van der Waals surface area contributed by atoms with Gasteiger partial charge in [0.25, 0.3) is 5.91 Å². The summed E-state index contributed by atoms with van der Waals surface area (Å²) < 4.78 is 10.6. The number of fused-ring (bicyclic) bond motifs is 1. The molecule has 0 saturated carbocycles. The van der Waals surface area contributed by atoms with Gasteiger partial charge in [-0.3, -0.25) is 19.3 Å². The standard InChI is InChI=1S/C17H18N2O6/c20-15-8-12(18-5-3-10(4-6-18)17(22)23)16(21)19(15)11-1-2-13-14(7-11)25-9-24-13/h1-2,7,10,12H,3-6,8-9H2,(H,22,23)/t12-/m0/s1. The molecule has 0 spiro atoms. The van der Waals surface area contributed by atoms with Crippen molar-refractivity contribution < 1.29 is 29.0 Å². The number of carbonyl (C=O) groups is 3. The second kappa shape index (κ2) is 6.03. The molecule has 0 aliphatic carbocycles. The van der Waals surface area contributed by atoms with Gasteiger partial charge in [0.05, 0.1) is 24.1 Å². The van der Waals surface area contributed by atoms with Crippen LogP contribution in [0.1, 0.15) is 19.3 Å². The number of aliphatic carboxylic acids is 1. The van der Waals surface area contributed by atoms with Crippen LogP contribution in [0, 0.1) is 5.92 Å². The quantitative estimate of drug-likeness (QED) is 0.810. The zero-order valence-electron chi connectivity index (χ0n) is 13.5. The molecule has 4 rings (SSSR count). The van der Waals surface area contributed by atoms with E-state index >= 15 is 0 Å². The van der Waals surface area contributed by atoms with Gasteiger partial charge in [0, 0.05) is 6.07 Å². The second-order valence-corrected chi connectivity index (χ2v) is 6.47. The van der Waals surface area contributed by atoms with Gasteiger partial charge in [-0.1, -0.05) is 0 Å². The van der Waals surface area contributed by atoms with E-state index in [0.717, 1.165) is 0 Å². The number of imide groups is 1. The highest BCUT2D eigenvalue weighted by molar-refractivity contribution is 6.22. The number of likely N-dealkylation sites (tertiary alicyclic amines) is 1. The number of carboxylic acid groups (broad SMARTS) is 1. The van der Waals surface area contributed by atoms with Gasteiger partial charge >= 0.3 is 5.97 Å². The molecule has 2 amide bonds. The molecule has 3 aliphatic rings. The van der Waals surface area contributed by atoms with Crippen LogP contribution in [0.2, 0.25) is 0 Å². The highest BCUT2D eigenvalue weighted by Crippen LogP contribution is 2.37. The van der Waals surface area contributed by atoms with Gasteiger partial charge in [-0.05, 0) is 38.1 Å². The van der Waals surface area contributed by atoms with E-state index in [2.05, 4.69) is 0 Å². The zero-order chi connectivity index (χ0) is 17.6. The fraction of sp³-hybridized carbons (Fsp3) is 0.471. The van der Waals surface area contributed by atoms with Crippen molar-refractivity contribution in [2.75, 3.05) is 24.8 Å². The minimum atomic E-state index is -0.796. The first-order valence-corrected chi connectivity index (χ1v) is 8.28. The van der Waals surface area contributed by atoms with Gasteiger partial charge in [0.1, 0.15) is 0 Å². The number of rotatable bonds is 3. The molecule has 25 heavy (non-hydrogen) atoms. The van der Waals surface area contributed by atoms with Crippen LogP contribution in [-0.4, -0.2) is 53.7 Å². The lowest BCUT2D eigenvalue weighted by molar-refractivity contribution is -0.143. The molecular formula is C17H18N2O6. The fourth-order valence-corrected chi connectivity index (χ4v) is 3.65. The van der Waals surface area contributed by atoms with Crippen molar-refractivity contribution in [2.45, 2.75) is 25.3 Å². The minimum Gasteiger partial charge on any atom is -0.481 e. The summed E-state index contributed by atoms with van der Waals surface area (Å²) in [6.07, 6.45) is 1.11. The average Bonchev–Trinajstić information content (AvgIpc) is 3.18. The van der Waals surface area contributed by atoms with Crippen molar-refractivity contribution in [3.8, 4) is 11.5 Å². The maximum atomic E-state index is 12.8. The number of piperidine rings is 1. The van der Waals surface area contributed by atoms with Gasteiger partial charge in [-0.15, -0.1) is 0 Å². The van der Waals surface area contributed by atoms with Gasteiger partial charge in [0.2, 0.25) is 12.7 Å². The van der Waals surface area contributed by atoms with Crippen LogP contribution in [0.5, 0.6) is 11.5 Å². The minimum absolute atomic E-state index is 0.116. The Labute approximate surface area is 143 Å². The van der Waals surface area contributed by atoms with Gasteiger partial charge < -0.3 is 14.6 Å². The van der Waals surface area contributed by atoms with E-state index < -0.39 is 12.0 Å². The van der Waals surface area contributed by atoms with E-state index in [1.54, 1.807) is 18.2 Å². The molecule has 2 saturated heterocycles. The highest BCUT2D eigenvalue weighted by atomic mass is 16.7. The van der Waals surface area contributed by atoms with Crippen molar-refractivity contribution in [3.63, 3.8) is 0 Å². The third-order valence-corrected chi connectivity index (χ3v) is 5.06. The van der Waals surface area contributed by atoms with Crippen LogP contribution in [0.4, 0.5) is 5.69 Å². The predicted molar refractivity (Wildman–Crippen MR) is 85.4 cm³/mol. The van der Waals surface area contributed by atoms with E-state index in [1.165, 1.54) is 4.90 Å². The summed E-state index contributed by atoms with van der Waals surface area (Å²) in [6.45, 7) is 1.15. The van der Waals surface area contributed by atoms with E-state index in [4.69, 9.17) is 14.6 Å². The number of carboxylic acids is 1. The molecule has 2 fully saturated rings. The Morgan fingerprint density at radius 3 is 2.56 bits per heavy atom. The Morgan fingerprint density at radius 1 is 1.12 bits per heavy atom. The number of ether oxygens (including phenoxy) is 2. The van der Waals surface area contributed by atoms with Crippen LogP contribution in [0.25, 0.3) is 0 Å². The van der Waals surface area contributed by atoms with E-state index in [1.807, 2.05) is 4.90 Å². The number of hydrogen-bond donors (Lipinski definition) is 1. The molecule has 0 bridgehead atoms. The Hall–Kier alpha value is -2.61. The number of amides is 2. The Kier molecular flexibility index (Phi) is 3.84. The SMILES string of the molecule is O=C(O)C1CCN([C@H]2CC(=O)N(c3ccc4c(c3)OCO4)C2=O)CC1. The summed E-state index contributed by atoms with van der Waals surface area (Å²) in [6, 6.07) is 4.47. The van der Waals surface area contributed by atoms with Gasteiger partial charge in [-0.25, -0.2) is 4.90 Å². The van der Waals surface area contributed by atoms with Crippen molar-refractivity contribution in [3.05, 3.63) is 18.2 Å². The molecule has 1 atom stereocenters. The van der Waals surface area contributed by atoms with Gasteiger partial charge in [0.15, 0.2) is 11.5 Å². The second-order valence-electron chi connectivity index (χ2n) is 6.47. The van der Waals surface area contributed by atoms with Crippen molar-refractivity contribution in [2.24, 2.45) is 5.92 Å². The van der Waals surface area contributed by atoms with Crippen LogP contribution >= 0.6 is 0 Å². The molecule has 1 aromatic rings. The lowest BCUT2D eigenvalue weighted by atomic mass is 9.96. The van der Waals surface area contributed by atoms with Crippen molar-refractivity contribution in [1.82, 2.24) is 4.90 Å². The van der Waals surface area contributed by atoms with Crippen LogP contribution in [-0.2, 0) is 14.4 Å². The highest BCUT2D eigenvalue weighted by Gasteiger charge is 2.44. The normalized spacial score (nSPS) is 24.2. The molecule has 1 aromatic carbocycles. The molecule has 132 valence electrons. The number of carbonyl (C=O) groups excluding carboxylic acids is 2. The first-order chi connectivity index (χ1) is 12.0. The average molecular weight is 346 g/mol. The first kappa shape index (κ1) is 15.9. The van der Waals surface area contributed by atoms with E-state index in [0.29, 0.717) is 43.1 Å². The molecule has 8 nitrogen and oxygen atoms in total. The molecule has 1 N–H and O–H groups in total. The third-order valence-electron chi connectivity index (χ3n) is 5.06. The molecule has 3 heterocycles. The summed E-state index contributed by atoms with van der Waals surface area (Å²) in [5, 5.41) is 9.08.